The van der Waals surface area contributed by atoms with Crippen molar-refractivity contribution in [3.63, 3.8) is 0 Å². The van der Waals surface area contributed by atoms with Crippen LogP contribution in [0, 0.1) is 6.92 Å². The fourth-order valence-corrected chi connectivity index (χ4v) is 2.29. The highest BCUT2D eigenvalue weighted by atomic mass is 35.5. The highest BCUT2D eigenvalue weighted by Crippen LogP contribution is 2.12. The number of amides is 1. The number of nitrogens with one attached hydrogen (secondary N) is 1. The fourth-order valence-electron chi connectivity index (χ4n) is 2.29. The van der Waals surface area contributed by atoms with Crippen LogP contribution in [-0.4, -0.2) is 54.8 Å². The van der Waals surface area contributed by atoms with Crippen LogP contribution in [0.1, 0.15) is 12.0 Å². The average molecular weight is 315 g/mol. The van der Waals surface area contributed by atoms with E-state index in [9.17, 15) is 9.90 Å². The van der Waals surface area contributed by atoms with Gasteiger partial charge in [0.2, 0.25) is 5.91 Å². The molecule has 1 aromatic carbocycles. The number of halogens is 1. The van der Waals surface area contributed by atoms with Gasteiger partial charge in [-0.05, 0) is 31.0 Å². The van der Waals surface area contributed by atoms with Crippen molar-refractivity contribution < 1.29 is 14.6 Å². The van der Waals surface area contributed by atoms with Gasteiger partial charge in [0.05, 0.1) is 18.7 Å². The van der Waals surface area contributed by atoms with E-state index < -0.39 is 6.10 Å². The van der Waals surface area contributed by atoms with Crippen LogP contribution in [0.5, 0.6) is 5.75 Å². The second kappa shape index (κ2) is 8.22. The predicted octanol–water partition coefficient (Wildman–Crippen LogP) is 0.977. The van der Waals surface area contributed by atoms with E-state index in [-0.39, 0.29) is 24.4 Å². The maximum absolute atomic E-state index is 12.1. The molecule has 2 N–H and O–H groups in total. The first-order valence-corrected chi connectivity index (χ1v) is 6.92. The van der Waals surface area contributed by atoms with E-state index >= 15 is 0 Å². The fraction of sp³-hybridized carbons (Fsp3) is 0.533. The van der Waals surface area contributed by atoms with Gasteiger partial charge in [-0.15, -0.1) is 12.4 Å². The van der Waals surface area contributed by atoms with Crippen LogP contribution >= 0.6 is 12.4 Å². The Balaban J connectivity index is 0.00000220. The van der Waals surface area contributed by atoms with Crippen LogP contribution in [0.15, 0.2) is 24.3 Å². The first-order chi connectivity index (χ1) is 9.56. The zero-order valence-corrected chi connectivity index (χ0v) is 13.2. The van der Waals surface area contributed by atoms with Gasteiger partial charge < -0.3 is 20.1 Å². The van der Waals surface area contributed by atoms with Crippen molar-refractivity contribution in [1.29, 1.82) is 0 Å². The van der Waals surface area contributed by atoms with Crippen molar-refractivity contribution in [3.8, 4) is 5.75 Å². The number of benzene rings is 1. The lowest BCUT2D eigenvalue weighted by molar-refractivity contribution is -0.132. The number of carbonyl (C=O) groups is 1. The van der Waals surface area contributed by atoms with Crippen LogP contribution in [0.3, 0.4) is 0 Å². The number of nitrogens with zero attached hydrogens (tertiary/aromatic N) is 1. The van der Waals surface area contributed by atoms with Crippen molar-refractivity contribution in [2.75, 3.05) is 26.7 Å². The molecule has 2 rings (SSSR count). The van der Waals surface area contributed by atoms with Gasteiger partial charge >= 0.3 is 0 Å². The number of hydrogen-bond donors (Lipinski definition) is 2. The van der Waals surface area contributed by atoms with Crippen LogP contribution in [-0.2, 0) is 4.79 Å². The average Bonchev–Trinajstić information content (AvgIpc) is 2.84. The molecule has 1 fully saturated rings. The summed E-state index contributed by atoms with van der Waals surface area (Å²) >= 11 is 0. The van der Waals surface area contributed by atoms with Crippen molar-refractivity contribution in [2.45, 2.75) is 25.5 Å². The zero-order chi connectivity index (χ0) is 14.5. The third kappa shape index (κ3) is 5.19. The number of aliphatic hydroxyl groups excluding tert-OH is 1. The highest BCUT2D eigenvalue weighted by molar-refractivity contribution is 5.85. The molecule has 1 aliphatic heterocycles. The standard InChI is InChI=1S/C15H22N2O3.ClH/c1-11-4-3-5-13(8-11)20-7-6-17(2)15(19)14-9-12(18)10-16-14;/h3-5,8,12,14,16,18H,6-7,9-10H2,1-2H3;1H. The Hall–Kier alpha value is -1.30. The van der Waals surface area contributed by atoms with Crippen molar-refractivity contribution in [3.05, 3.63) is 29.8 Å². The summed E-state index contributed by atoms with van der Waals surface area (Å²) in [7, 11) is 1.76. The first-order valence-electron chi connectivity index (χ1n) is 6.92. The van der Waals surface area contributed by atoms with E-state index in [1.54, 1.807) is 11.9 Å². The maximum atomic E-state index is 12.1. The van der Waals surface area contributed by atoms with Gasteiger partial charge in [-0.3, -0.25) is 4.79 Å². The van der Waals surface area contributed by atoms with E-state index in [0.717, 1.165) is 11.3 Å². The molecule has 1 saturated heterocycles. The number of aryl methyl sites for hydroxylation is 1. The van der Waals surface area contributed by atoms with Gasteiger partial charge in [0.15, 0.2) is 0 Å². The number of hydrogen-bond acceptors (Lipinski definition) is 4. The van der Waals surface area contributed by atoms with Gasteiger partial charge in [-0.2, -0.15) is 0 Å². The summed E-state index contributed by atoms with van der Waals surface area (Å²) < 4.78 is 5.63. The van der Waals surface area contributed by atoms with Crippen LogP contribution in [0.2, 0.25) is 0 Å². The SMILES string of the molecule is Cc1cccc(OCCN(C)C(=O)C2CC(O)CN2)c1.Cl. The number of β-amino-alcohol motifs (C(OH)–C–C–N with tert-alkyl or cyclic N) is 1. The van der Waals surface area contributed by atoms with Crippen molar-refractivity contribution in [2.24, 2.45) is 0 Å². The summed E-state index contributed by atoms with van der Waals surface area (Å²) in [5.41, 5.74) is 1.15. The van der Waals surface area contributed by atoms with Crippen molar-refractivity contribution in [1.82, 2.24) is 10.2 Å². The number of ether oxygens (including phenoxy) is 1. The lowest BCUT2D eigenvalue weighted by atomic mass is 10.2. The maximum Gasteiger partial charge on any atom is 0.239 e. The van der Waals surface area contributed by atoms with E-state index in [1.807, 2.05) is 31.2 Å². The molecule has 1 heterocycles. The summed E-state index contributed by atoms with van der Waals surface area (Å²) in [6.07, 6.45) is 0.0722. The predicted molar refractivity (Wildman–Crippen MR) is 84.0 cm³/mol. The molecule has 1 aliphatic rings. The number of carbonyl (C=O) groups excluding carboxylic acids is 1. The largest absolute Gasteiger partial charge is 0.492 e. The molecule has 0 radical (unpaired) electrons. The second-order valence-electron chi connectivity index (χ2n) is 5.28. The van der Waals surface area contributed by atoms with E-state index in [1.165, 1.54) is 0 Å². The lowest BCUT2D eigenvalue weighted by Crippen LogP contribution is -2.43. The smallest absolute Gasteiger partial charge is 0.239 e. The summed E-state index contributed by atoms with van der Waals surface area (Å²) in [4.78, 5) is 13.7. The van der Waals surface area contributed by atoms with E-state index in [0.29, 0.717) is 26.1 Å². The molecule has 0 bridgehead atoms. The molecule has 5 nitrogen and oxygen atoms in total. The summed E-state index contributed by atoms with van der Waals surface area (Å²) in [6, 6.07) is 7.57. The minimum absolute atomic E-state index is 0. The Kier molecular flexibility index (Phi) is 6.95. The Bertz CT molecular complexity index is 470. The molecule has 0 saturated carbocycles. The topological polar surface area (TPSA) is 61.8 Å². The molecule has 2 atom stereocenters. The number of likely N-dealkylation sites (N-methyl/N-ethyl adjacent to an activating group) is 1. The highest BCUT2D eigenvalue weighted by Gasteiger charge is 2.29. The number of aliphatic hydroxyl groups is 1. The molecule has 21 heavy (non-hydrogen) atoms. The molecular weight excluding hydrogens is 292 g/mol. The Labute approximate surface area is 131 Å². The Morgan fingerprint density at radius 2 is 2.29 bits per heavy atom. The van der Waals surface area contributed by atoms with Crippen LogP contribution in [0.4, 0.5) is 0 Å². The third-order valence-electron chi connectivity index (χ3n) is 3.47. The summed E-state index contributed by atoms with van der Waals surface area (Å²) in [5.74, 6) is 0.828. The molecule has 1 amide bonds. The van der Waals surface area contributed by atoms with Gasteiger partial charge in [0.1, 0.15) is 12.4 Å². The molecule has 0 aliphatic carbocycles. The zero-order valence-electron chi connectivity index (χ0n) is 12.4. The molecular formula is C15H23ClN2O3. The number of rotatable bonds is 5. The van der Waals surface area contributed by atoms with Gasteiger partial charge in [-0.1, -0.05) is 12.1 Å². The Morgan fingerprint density at radius 1 is 1.52 bits per heavy atom. The molecule has 0 spiro atoms. The minimum Gasteiger partial charge on any atom is -0.492 e. The van der Waals surface area contributed by atoms with E-state index in [2.05, 4.69) is 5.32 Å². The molecule has 2 unspecified atom stereocenters. The monoisotopic (exact) mass is 314 g/mol. The van der Waals surface area contributed by atoms with Crippen LogP contribution in [0.25, 0.3) is 0 Å². The van der Waals surface area contributed by atoms with E-state index in [4.69, 9.17) is 4.74 Å². The van der Waals surface area contributed by atoms with Gasteiger partial charge in [0, 0.05) is 13.6 Å². The summed E-state index contributed by atoms with van der Waals surface area (Å²) in [5, 5.41) is 12.4. The minimum atomic E-state index is -0.416. The van der Waals surface area contributed by atoms with Crippen molar-refractivity contribution >= 4 is 18.3 Å². The Morgan fingerprint density at radius 3 is 2.90 bits per heavy atom. The lowest BCUT2D eigenvalue weighted by Gasteiger charge is -2.21. The quantitative estimate of drug-likeness (QED) is 0.850. The second-order valence-corrected chi connectivity index (χ2v) is 5.28. The van der Waals surface area contributed by atoms with Crippen LogP contribution < -0.4 is 10.1 Å². The molecule has 1 aromatic rings. The molecule has 118 valence electrons. The summed E-state index contributed by atoms with van der Waals surface area (Å²) in [6.45, 7) is 3.49. The van der Waals surface area contributed by atoms with Gasteiger partial charge in [0.25, 0.3) is 0 Å². The normalized spacial score (nSPS) is 20.7. The first kappa shape index (κ1) is 17.8. The third-order valence-corrected chi connectivity index (χ3v) is 3.47. The molecule has 0 aromatic heterocycles. The molecule has 6 heteroatoms. The van der Waals surface area contributed by atoms with Gasteiger partial charge in [-0.25, -0.2) is 0 Å².